The minimum atomic E-state index is 0. The number of carbonyl (C=O) groups is 1. The van der Waals surface area contributed by atoms with E-state index in [1.54, 1.807) is 0 Å². The monoisotopic (exact) mass is 343 g/mol. The van der Waals surface area contributed by atoms with E-state index >= 15 is 0 Å². The van der Waals surface area contributed by atoms with E-state index in [4.69, 9.17) is 10.5 Å². The van der Waals surface area contributed by atoms with Crippen LogP contribution in [-0.2, 0) is 9.53 Å². The fraction of sp³-hybridized carbons (Fsp3) is 0.941. The summed E-state index contributed by atoms with van der Waals surface area (Å²) in [5.41, 5.74) is 6.22. The summed E-state index contributed by atoms with van der Waals surface area (Å²) in [5.74, 6) is 1.60. The number of hydrogen-bond acceptors (Lipinski definition) is 4. The molecule has 3 heterocycles. The zero-order valence-corrected chi connectivity index (χ0v) is 14.7. The summed E-state index contributed by atoms with van der Waals surface area (Å²) in [4.78, 5) is 17.7. The predicted octanol–water partition coefficient (Wildman–Crippen LogP) is 1.25. The first-order valence-electron chi connectivity index (χ1n) is 9.12. The third-order valence-corrected chi connectivity index (χ3v) is 6.46. The van der Waals surface area contributed by atoms with Gasteiger partial charge in [-0.1, -0.05) is 0 Å². The second-order valence-corrected chi connectivity index (χ2v) is 7.65. The van der Waals surface area contributed by atoms with Gasteiger partial charge in [0.25, 0.3) is 0 Å². The number of ether oxygens (including phenoxy) is 1. The van der Waals surface area contributed by atoms with E-state index in [-0.39, 0.29) is 18.4 Å². The summed E-state index contributed by atoms with van der Waals surface area (Å²) >= 11 is 0. The van der Waals surface area contributed by atoms with Gasteiger partial charge in [-0.2, -0.15) is 0 Å². The van der Waals surface area contributed by atoms with Gasteiger partial charge in [-0.25, -0.2) is 0 Å². The zero-order chi connectivity index (χ0) is 15.1. The minimum absolute atomic E-state index is 0. The van der Waals surface area contributed by atoms with Crippen molar-refractivity contribution in [2.75, 3.05) is 32.8 Å². The lowest BCUT2D eigenvalue weighted by atomic mass is 9.98. The fourth-order valence-corrected chi connectivity index (χ4v) is 5.21. The summed E-state index contributed by atoms with van der Waals surface area (Å²) in [6, 6.07) is 0.991. The normalized spacial score (nSPS) is 38.6. The van der Waals surface area contributed by atoms with Crippen molar-refractivity contribution in [3.05, 3.63) is 0 Å². The number of nitrogens with two attached hydrogens (primary N) is 1. The standard InChI is InChI=1S/C17H29N3O2.ClH/c18-15-4-3-12-10-19(11-14(12)15)17(21)16-2-1-7-20(16)13-5-8-22-9-6-13;/h12-16H,1-11,18H2;1H. The van der Waals surface area contributed by atoms with E-state index in [2.05, 4.69) is 9.80 Å². The Labute approximate surface area is 145 Å². The van der Waals surface area contributed by atoms with Crippen molar-refractivity contribution in [3.63, 3.8) is 0 Å². The smallest absolute Gasteiger partial charge is 0.239 e. The summed E-state index contributed by atoms with van der Waals surface area (Å²) in [6.45, 7) is 4.65. The molecule has 4 atom stereocenters. The molecule has 0 aromatic heterocycles. The molecule has 4 aliphatic rings. The van der Waals surface area contributed by atoms with Gasteiger partial charge in [0.2, 0.25) is 5.91 Å². The lowest BCUT2D eigenvalue weighted by Crippen LogP contribution is -2.50. The molecule has 4 rings (SSSR count). The molecule has 4 fully saturated rings. The van der Waals surface area contributed by atoms with Crippen molar-refractivity contribution < 1.29 is 9.53 Å². The molecule has 3 saturated heterocycles. The molecule has 0 radical (unpaired) electrons. The number of nitrogens with zero attached hydrogens (tertiary/aromatic N) is 2. The van der Waals surface area contributed by atoms with Gasteiger partial charge in [-0.3, -0.25) is 9.69 Å². The highest BCUT2D eigenvalue weighted by molar-refractivity contribution is 5.85. The van der Waals surface area contributed by atoms with Crippen LogP contribution < -0.4 is 5.73 Å². The average Bonchev–Trinajstić information content (AvgIpc) is 3.25. The Morgan fingerprint density at radius 1 is 1.04 bits per heavy atom. The molecule has 4 unspecified atom stereocenters. The zero-order valence-electron chi connectivity index (χ0n) is 13.9. The van der Waals surface area contributed by atoms with Crippen LogP contribution in [0.25, 0.3) is 0 Å². The molecule has 0 aromatic carbocycles. The van der Waals surface area contributed by atoms with Crippen LogP contribution in [0.2, 0.25) is 0 Å². The summed E-state index contributed by atoms with van der Waals surface area (Å²) in [7, 11) is 0. The van der Waals surface area contributed by atoms with E-state index in [0.717, 1.165) is 65.0 Å². The van der Waals surface area contributed by atoms with Crippen LogP contribution in [0.5, 0.6) is 0 Å². The number of fused-ring (bicyclic) bond motifs is 1. The van der Waals surface area contributed by atoms with Crippen LogP contribution in [0.3, 0.4) is 0 Å². The lowest BCUT2D eigenvalue weighted by Gasteiger charge is -2.36. The summed E-state index contributed by atoms with van der Waals surface area (Å²) in [5, 5.41) is 0. The topological polar surface area (TPSA) is 58.8 Å². The van der Waals surface area contributed by atoms with Gasteiger partial charge >= 0.3 is 0 Å². The maximum absolute atomic E-state index is 13.1. The first-order chi connectivity index (χ1) is 10.7. The Kier molecular flexibility index (Phi) is 5.51. The first kappa shape index (κ1) is 17.5. The molecule has 0 aromatic rings. The van der Waals surface area contributed by atoms with Gasteiger partial charge in [0.1, 0.15) is 0 Å². The van der Waals surface area contributed by atoms with Crippen molar-refractivity contribution in [3.8, 4) is 0 Å². The molecular formula is C17H30ClN3O2. The van der Waals surface area contributed by atoms with Crippen LogP contribution in [0.15, 0.2) is 0 Å². The maximum atomic E-state index is 13.1. The van der Waals surface area contributed by atoms with Gasteiger partial charge in [-0.15, -0.1) is 12.4 Å². The van der Waals surface area contributed by atoms with Crippen LogP contribution in [-0.4, -0.2) is 66.7 Å². The van der Waals surface area contributed by atoms with Crippen molar-refractivity contribution >= 4 is 18.3 Å². The molecule has 6 heteroatoms. The number of hydrogen-bond donors (Lipinski definition) is 1. The molecule has 5 nitrogen and oxygen atoms in total. The molecule has 0 spiro atoms. The SMILES string of the molecule is Cl.NC1CCC2CN(C(=O)C3CCCN3C3CCOCC3)CC12. The Hall–Kier alpha value is -0.360. The first-order valence-corrected chi connectivity index (χ1v) is 9.12. The molecule has 132 valence electrons. The Bertz CT molecular complexity index is 430. The van der Waals surface area contributed by atoms with Gasteiger partial charge < -0.3 is 15.4 Å². The molecule has 2 N–H and O–H groups in total. The maximum Gasteiger partial charge on any atom is 0.239 e. The van der Waals surface area contributed by atoms with Crippen molar-refractivity contribution in [2.24, 2.45) is 17.6 Å². The Morgan fingerprint density at radius 2 is 1.83 bits per heavy atom. The lowest BCUT2D eigenvalue weighted by molar-refractivity contribution is -0.136. The van der Waals surface area contributed by atoms with Crippen LogP contribution in [0, 0.1) is 11.8 Å². The van der Waals surface area contributed by atoms with Crippen LogP contribution >= 0.6 is 12.4 Å². The van der Waals surface area contributed by atoms with Crippen molar-refractivity contribution in [2.45, 2.75) is 56.7 Å². The number of carbonyl (C=O) groups excluding carboxylic acids is 1. The van der Waals surface area contributed by atoms with Gasteiger partial charge in [-0.05, 0) is 56.9 Å². The van der Waals surface area contributed by atoms with Crippen molar-refractivity contribution in [1.82, 2.24) is 9.80 Å². The number of amides is 1. The highest BCUT2D eigenvalue weighted by Gasteiger charge is 2.45. The molecule has 0 bridgehead atoms. The van der Waals surface area contributed by atoms with E-state index in [1.165, 1.54) is 6.42 Å². The Morgan fingerprint density at radius 3 is 2.57 bits per heavy atom. The van der Waals surface area contributed by atoms with E-state index < -0.39 is 0 Å². The van der Waals surface area contributed by atoms with Crippen molar-refractivity contribution in [1.29, 1.82) is 0 Å². The quantitative estimate of drug-likeness (QED) is 0.819. The average molecular weight is 344 g/mol. The second-order valence-electron chi connectivity index (χ2n) is 7.65. The minimum Gasteiger partial charge on any atom is -0.381 e. The molecular weight excluding hydrogens is 314 g/mol. The predicted molar refractivity (Wildman–Crippen MR) is 91.6 cm³/mol. The molecule has 1 aliphatic carbocycles. The third kappa shape index (κ3) is 3.26. The molecule has 23 heavy (non-hydrogen) atoms. The second kappa shape index (κ2) is 7.26. The fourth-order valence-electron chi connectivity index (χ4n) is 5.21. The van der Waals surface area contributed by atoms with Gasteiger partial charge in [0.15, 0.2) is 0 Å². The van der Waals surface area contributed by atoms with Crippen LogP contribution in [0.4, 0.5) is 0 Å². The molecule has 3 aliphatic heterocycles. The van der Waals surface area contributed by atoms with E-state index in [9.17, 15) is 4.79 Å². The number of likely N-dealkylation sites (tertiary alicyclic amines) is 2. The van der Waals surface area contributed by atoms with E-state index in [0.29, 0.717) is 29.8 Å². The van der Waals surface area contributed by atoms with E-state index in [1.807, 2.05) is 0 Å². The molecule has 1 saturated carbocycles. The van der Waals surface area contributed by atoms with Crippen LogP contribution in [0.1, 0.15) is 38.5 Å². The highest BCUT2D eigenvalue weighted by atomic mass is 35.5. The van der Waals surface area contributed by atoms with Gasteiger partial charge in [0, 0.05) is 38.4 Å². The van der Waals surface area contributed by atoms with Gasteiger partial charge in [0.05, 0.1) is 6.04 Å². The molecule has 1 amide bonds. The summed E-state index contributed by atoms with van der Waals surface area (Å²) in [6.07, 6.45) is 6.72. The summed E-state index contributed by atoms with van der Waals surface area (Å²) < 4.78 is 5.48. The highest BCUT2D eigenvalue weighted by Crippen LogP contribution is 2.38. The third-order valence-electron chi connectivity index (χ3n) is 6.46. The largest absolute Gasteiger partial charge is 0.381 e. The Balaban J connectivity index is 0.00000156. The number of halogens is 1. The number of rotatable bonds is 2.